The molecule has 0 radical (unpaired) electrons. The molecule has 1 atom stereocenters. The normalized spacial score (nSPS) is 28.2. The summed E-state index contributed by atoms with van der Waals surface area (Å²) in [7, 11) is 1.99. The van der Waals surface area contributed by atoms with Crippen molar-refractivity contribution in [3.05, 3.63) is 11.5 Å². The number of aliphatic imine (C=N–C) groups is 1. The summed E-state index contributed by atoms with van der Waals surface area (Å²) in [4.78, 5) is 6.06. The van der Waals surface area contributed by atoms with Gasteiger partial charge in [0.2, 0.25) is 0 Å². The van der Waals surface area contributed by atoms with Gasteiger partial charge in [0.25, 0.3) is 0 Å². The Morgan fingerprint density at radius 3 is 3.36 bits per heavy atom. The van der Waals surface area contributed by atoms with Crippen molar-refractivity contribution in [1.82, 2.24) is 15.5 Å². The highest BCUT2D eigenvalue weighted by Crippen LogP contribution is 2.14. The van der Waals surface area contributed by atoms with E-state index >= 15 is 0 Å². The number of hydrogen-bond donors (Lipinski definition) is 3. The van der Waals surface area contributed by atoms with Crippen LogP contribution >= 0.6 is 0 Å². The maximum Gasteiger partial charge on any atom is 0.143 e. The first-order valence-electron chi connectivity index (χ1n) is 3.52. The molecule has 0 aromatic carbocycles. The fourth-order valence-corrected chi connectivity index (χ4v) is 1.26. The Kier molecular flexibility index (Phi) is 1.25. The number of nitrogens with two attached hydrogens (primary N) is 1. The first-order valence-corrected chi connectivity index (χ1v) is 3.52. The van der Waals surface area contributed by atoms with Crippen LogP contribution in [-0.2, 0) is 0 Å². The fourth-order valence-electron chi connectivity index (χ4n) is 1.26. The van der Waals surface area contributed by atoms with Crippen LogP contribution in [0.4, 0.5) is 0 Å². The Balaban J connectivity index is 2.29. The maximum atomic E-state index is 5.70. The Bertz CT molecular complexity index is 231. The largest absolute Gasteiger partial charge is 0.365 e. The van der Waals surface area contributed by atoms with Crippen molar-refractivity contribution in [2.75, 3.05) is 13.7 Å². The molecule has 5 heteroatoms. The molecule has 0 amide bonds. The minimum Gasteiger partial charge on any atom is -0.365 e. The lowest BCUT2D eigenvalue weighted by molar-refractivity contribution is 0.427. The van der Waals surface area contributed by atoms with E-state index in [4.69, 9.17) is 5.73 Å². The second-order valence-electron chi connectivity index (χ2n) is 2.66. The van der Waals surface area contributed by atoms with E-state index in [1.165, 1.54) is 0 Å². The van der Waals surface area contributed by atoms with E-state index in [1.807, 2.05) is 7.05 Å². The van der Waals surface area contributed by atoms with Crippen LogP contribution in [0.2, 0.25) is 0 Å². The summed E-state index contributed by atoms with van der Waals surface area (Å²) in [5.41, 5.74) is 6.68. The van der Waals surface area contributed by atoms with Crippen molar-refractivity contribution < 1.29 is 0 Å². The zero-order chi connectivity index (χ0) is 7.84. The highest BCUT2D eigenvalue weighted by molar-refractivity contribution is 5.60. The summed E-state index contributed by atoms with van der Waals surface area (Å²) in [5.74, 6) is 1.03. The van der Waals surface area contributed by atoms with Crippen molar-refractivity contribution >= 4 is 6.34 Å². The van der Waals surface area contributed by atoms with E-state index in [1.54, 1.807) is 6.34 Å². The minimum absolute atomic E-state index is 0.226. The predicted octanol–water partition coefficient (Wildman–Crippen LogP) is -1.44. The van der Waals surface area contributed by atoms with Gasteiger partial charge in [0, 0.05) is 7.05 Å². The standard InChI is InChI=1S/C6H11N5/c1-11-3-10-4-5(7)8-2-9-6(4)11/h2,5,10H,3,7H2,1H3,(H,8,9). The third kappa shape index (κ3) is 0.848. The van der Waals surface area contributed by atoms with Crippen LogP contribution in [0.3, 0.4) is 0 Å². The Labute approximate surface area is 65.0 Å². The van der Waals surface area contributed by atoms with Crippen LogP contribution in [0.15, 0.2) is 16.5 Å². The highest BCUT2D eigenvalue weighted by atomic mass is 15.4. The first kappa shape index (κ1) is 6.48. The van der Waals surface area contributed by atoms with Gasteiger partial charge >= 0.3 is 0 Å². The second kappa shape index (κ2) is 2.13. The number of nitrogens with one attached hydrogen (secondary N) is 2. The molecule has 0 aromatic heterocycles. The molecule has 60 valence electrons. The van der Waals surface area contributed by atoms with E-state index in [0.29, 0.717) is 0 Å². The summed E-state index contributed by atoms with van der Waals surface area (Å²) < 4.78 is 0. The monoisotopic (exact) mass is 153 g/mol. The summed E-state index contributed by atoms with van der Waals surface area (Å²) >= 11 is 0. The molecule has 0 saturated carbocycles. The topological polar surface area (TPSA) is 65.7 Å². The molecule has 0 bridgehead atoms. The number of hydrogen-bond acceptors (Lipinski definition) is 5. The van der Waals surface area contributed by atoms with Crippen LogP contribution < -0.4 is 16.4 Å². The summed E-state index contributed by atoms with van der Waals surface area (Å²) in [6.07, 6.45) is 1.41. The van der Waals surface area contributed by atoms with Crippen LogP contribution in [0, 0.1) is 0 Å². The van der Waals surface area contributed by atoms with Crippen LogP contribution in [-0.4, -0.2) is 31.1 Å². The van der Waals surface area contributed by atoms with Gasteiger partial charge in [-0.25, -0.2) is 0 Å². The molecule has 0 aliphatic carbocycles. The summed E-state index contributed by atoms with van der Waals surface area (Å²) in [6.45, 7) is 0.800. The van der Waals surface area contributed by atoms with E-state index in [-0.39, 0.29) is 6.17 Å². The zero-order valence-electron chi connectivity index (χ0n) is 6.33. The molecule has 0 saturated heterocycles. The number of nitrogens with zero attached hydrogens (tertiary/aromatic N) is 2. The Morgan fingerprint density at radius 2 is 2.64 bits per heavy atom. The van der Waals surface area contributed by atoms with E-state index in [0.717, 1.165) is 18.2 Å². The zero-order valence-corrected chi connectivity index (χ0v) is 6.33. The molecule has 2 rings (SSSR count). The van der Waals surface area contributed by atoms with E-state index < -0.39 is 0 Å². The van der Waals surface area contributed by atoms with E-state index in [2.05, 4.69) is 20.5 Å². The molecule has 2 aliphatic rings. The molecule has 2 aliphatic heterocycles. The highest BCUT2D eigenvalue weighted by Gasteiger charge is 2.24. The van der Waals surface area contributed by atoms with Gasteiger partial charge in [-0.1, -0.05) is 0 Å². The lowest BCUT2D eigenvalue weighted by Gasteiger charge is -2.18. The van der Waals surface area contributed by atoms with Gasteiger partial charge < -0.3 is 21.3 Å². The average Bonchev–Trinajstić information content (AvgIpc) is 2.35. The van der Waals surface area contributed by atoms with Crippen LogP contribution in [0.5, 0.6) is 0 Å². The van der Waals surface area contributed by atoms with Crippen molar-refractivity contribution in [3.8, 4) is 0 Å². The van der Waals surface area contributed by atoms with Gasteiger partial charge in [-0.15, -0.1) is 0 Å². The van der Waals surface area contributed by atoms with Crippen LogP contribution in [0.25, 0.3) is 0 Å². The van der Waals surface area contributed by atoms with Gasteiger partial charge in [-0.3, -0.25) is 4.99 Å². The predicted molar refractivity (Wildman–Crippen MR) is 42.4 cm³/mol. The van der Waals surface area contributed by atoms with Crippen molar-refractivity contribution in [2.24, 2.45) is 10.7 Å². The van der Waals surface area contributed by atoms with Gasteiger partial charge in [0.15, 0.2) is 0 Å². The van der Waals surface area contributed by atoms with Gasteiger partial charge in [-0.05, 0) is 0 Å². The van der Waals surface area contributed by atoms with Gasteiger partial charge in [0.1, 0.15) is 12.0 Å². The molecule has 2 heterocycles. The number of rotatable bonds is 0. The molecule has 0 spiro atoms. The molecule has 0 fully saturated rings. The molecular weight excluding hydrogens is 142 g/mol. The second-order valence-corrected chi connectivity index (χ2v) is 2.66. The molecule has 5 nitrogen and oxygen atoms in total. The third-order valence-corrected chi connectivity index (χ3v) is 1.88. The molecule has 0 aromatic rings. The third-order valence-electron chi connectivity index (χ3n) is 1.88. The Morgan fingerprint density at radius 1 is 1.82 bits per heavy atom. The van der Waals surface area contributed by atoms with Gasteiger partial charge in [0.05, 0.1) is 18.7 Å². The molecule has 1 unspecified atom stereocenters. The maximum absolute atomic E-state index is 5.70. The van der Waals surface area contributed by atoms with Crippen LogP contribution in [0.1, 0.15) is 0 Å². The van der Waals surface area contributed by atoms with Gasteiger partial charge in [-0.2, -0.15) is 0 Å². The van der Waals surface area contributed by atoms with Crippen molar-refractivity contribution in [3.63, 3.8) is 0 Å². The molecule has 11 heavy (non-hydrogen) atoms. The Hall–Kier alpha value is -1.23. The first-order chi connectivity index (χ1) is 5.29. The quantitative estimate of drug-likeness (QED) is 0.399. The minimum atomic E-state index is -0.226. The smallest absolute Gasteiger partial charge is 0.143 e. The lowest BCUT2D eigenvalue weighted by Crippen LogP contribution is -2.34. The average molecular weight is 153 g/mol. The molecule has 4 N–H and O–H groups in total. The summed E-state index contributed by atoms with van der Waals surface area (Å²) in [6, 6.07) is 0. The summed E-state index contributed by atoms with van der Waals surface area (Å²) in [5, 5.41) is 6.19. The fraction of sp³-hybridized carbons (Fsp3) is 0.500. The molecular formula is C6H11N5. The van der Waals surface area contributed by atoms with Crippen molar-refractivity contribution in [1.29, 1.82) is 0 Å². The SMILES string of the molecule is CN1CNC2=C1NC=NC2N. The van der Waals surface area contributed by atoms with E-state index in [9.17, 15) is 0 Å². The van der Waals surface area contributed by atoms with Crippen molar-refractivity contribution in [2.45, 2.75) is 6.17 Å². The lowest BCUT2D eigenvalue weighted by atomic mass is 10.3.